The Balaban J connectivity index is 1.50. The maximum atomic E-state index is 13.3. The predicted octanol–water partition coefficient (Wildman–Crippen LogP) is 1.51. The Morgan fingerprint density at radius 2 is 1.68 bits per heavy atom. The van der Waals surface area contributed by atoms with Crippen LogP contribution < -0.4 is 0 Å². The summed E-state index contributed by atoms with van der Waals surface area (Å²) in [6.07, 6.45) is -1.64. The van der Waals surface area contributed by atoms with Crippen LogP contribution in [-0.4, -0.2) is 47.9 Å². The number of fused-ring (bicyclic) bond motifs is 3. The van der Waals surface area contributed by atoms with Gasteiger partial charge in [0.15, 0.2) is 17.7 Å². The highest BCUT2D eigenvalue weighted by atomic mass is 32.2. The summed E-state index contributed by atoms with van der Waals surface area (Å²) in [4.78, 5) is 26.9. The highest BCUT2D eigenvalue weighted by Gasteiger charge is 2.88. The van der Waals surface area contributed by atoms with Crippen LogP contribution >= 0.6 is 0 Å². The van der Waals surface area contributed by atoms with Crippen molar-refractivity contribution in [3.63, 3.8) is 0 Å². The van der Waals surface area contributed by atoms with Gasteiger partial charge in [-0.05, 0) is 18.1 Å². The lowest BCUT2D eigenvalue weighted by Gasteiger charge is -2.43. The normalized spacial score (nSPS) is 35.2. The Labute approximate surface area is 164 Å². The van der Waals surface area contributed by atoms with Gasteiger partial charge in [0.05, 0.1) is 15.5 Å². The first-order valence-corrected chi connectivity index (χ1v) is 10.4. The lowest BCUT2D eigenvalue weighted by Crippen LogP contribution is -2.68. The Morgan fingerprint density at radius 3 is 2.21 bits per heavy atom. The Morgan fingerprint density at radius 1 is 1.14 bits per heavy atom. The van der Waals surface area contributed by atoms with Crippen molar-refractivity contribution in [3.8, 4) is 0 Å². The molecule has 2 aliphatic heterocycles. The molecule has 3 fully saturated rings. The van der Waals surface area contributed by atoms with Crippen LogP contribution in [0.4, 0.5) is 0 Å². The van der Waals surface area contributed by atoms with E-state index in [1.54, 1.807) is 6.92 Å². The van der Waals surface area contributed by atoms with Crippen LogP contribution in [0.1, 0.15) is 30.6 Å². The number of β-lactam (4-membered cyclic amide) rings is 1. The van der Waals surface area contributed by atoms with Crippen molar-refractivity contribution in [2.45, 2.75) is 41.2 Å². The number of esters is 1. The number of aliphatic hydroxyl groups excluding tert-OH is 1. The molecule has 1 saturated carbocycles. The zero-order valence-corrected chi connectivity index (χ0v) is 16.0. The van der Waals surface area contributed by atoms with Crippen molar-refractivity contribution in [2.24, 2.45) is 0 Å². The molecule has 5 rings (SSSR count). The molecule has 5 atom stereocenters. The molecule has 0 bridgehead atoms. The Bertz CT molecular complexity index is 957. The third-order valence-electron chi connectivity index (χ3n) is 6.20. The number of nitrogens with zero attached hydrogens (tertiary/aromatic N) is 1. The van der Waals surface area contributed by atoms with E-state index in [9.17, 15) is 18.9 Å². The fourth-order valence-electron chi connectivity index (χ4n) is 4.53. The summed E-state index contributed by atoms with van der Waals surface area (Å²) < 4.78 is 17.8. The minimum atomic E-state index is -1.51. The van der Waals surface area contributed by atoms with Gasteiger partial charge in [-0.15, -0.1) is 0 Å². The van der Waals surface area contributed by atoms with Crippen molar-refractivity contribution < 1.29 is 23.6 Å². The molecule has 2 saturated heterocycles. The summed E-state index contributed by atoms with van der Waals surface area (Å²) in [5.74, 6) is -1.11. The van der Waals surface area contributed by atoms with Gasteiger partial charge in [-0.1, -0.05) is 60.7 Å². The molecular weight excluding hydrogens is 378 g/mol. The van der Waals surface area contributed by atoms with Gasteiger partial charge >= 0.3 is 5.97 Å². The molecule has 6 nitrogen and oxygen atoms in total. The van der Waals surface area contributed by atoms with E-state index < -0.39 is 50.5 Å². The lowest BCUT2D eigenvalue weighted by atomic mass is 10.00. The van der Waals surface area contributed by atoms with Crippen LogP contribution in [0.2, 0.25) is 0 Å². The van der Waals surface area contributed by atoms with E-state index in [1.807, 2.05) is 60.7 Å². The number of carbonyl (C=O) groups excluding carboxylic acids is 2. The molecule has 3 aliphatic rings. The van der Waals surface area contributed by atoms with Crippen LogP contribution in [0.5, 0.6) is 0 Å². The molecule has 144 valence electrons. The average molecular weight is 397 g/mol. The van der Waals surface area contributed by atoms with E-state index in [4.69, 9.17) is 4.74 Å². The second-order valence-electron chi connectivity index (χ2n) is 7.72. The van der Waals surface area contributed by atoms with E-state index in [0.29, 0.717) is 0 Å². The molecule has 2 aromatic rings. The number of aliphatic hydroxyl groups is 1. The molecule has 1 unspecified atom stereocenters. The summed E-state index contributed by atoms with van der Waals surface area (Å²) in [5.41, 5.74) is 0.374. The first-order chi connectivity index (χ1) is 13.4. The summed E-state index contributed by atoms with van der Waals surface area (Å²) in [6.45, 7) is 1.72. The standard InChI is InChI=1S/C21H19NO5S/c1-20-12-21(20,22-17(24)15(23)18(22)28(20)26)19(25)27-16(13-8-4-2-5-9-13)14-10-6-3-7-11-14/h2-11,15-16,18,23H,12H2,1H3/t15-,18+,20-,21-,28?/m0/s1. The van der Waals surface area contributed by atoms with E-state index in [1.165, 1.54) is 4.90 Å². The quantitative estimate of drug-likeness (QED) is 0.625. The molecule has 7 heteroatoms. The van der Waals surface area contributed by atoms with Crippen LogP contribution in [0.25, 0.3) is 0 Å². The number of amides is 1. The third-order valence-corrected chi connectivity index (χ3v) is 8.48. The number of ether oxygens (including phenoxy) is 1. The van der Waals surface area contributed by atoms with Gasteiger partial charge in [0.25, 0.3) is 5.91 Å². The van der Waals surface area contributed by atoms with Crippen molar-refractivity contribution >= 4 is 22.7 Å². The van der Waals surface area contributed by atoms with Crippen molar-refractivity contribution in [2.75, 3.05) is 0 Å². The monoisotopic (exact) mass is 397 g/mol. The van der Waals surface area contributed by atoms with E-state index >= 15 is 0 Å². The van der Waals surface area contributed by atoms with Crippen molar-refractivity contribution in [1.82, 2.24) is 4.90 Å². The number of benzene rings is 2. The topological polar surface area (TPSA) is 83.9 Å². The molecular formula is C21H19NO5S. The summed E-state index contributed by atoms with van der Waals surface area (Å²) in [7, 11) is -1.51. The molecule has 28 heavy (non-hydrogen) atoms. The number of rotatable bonds is 4. The first kappa shape index (κ1) is 17.6. The van der Waals surface area contributed by atoms with E-state index in [0.717, 1.165) is 11.1 Å². The number of hydrogen-bond donors (Lipinski definition) is 1. The second kappa shape index (κ2) is 5.75. The third kappa shape index (κ3) is 2.03. The maximum absolute atomic E-state index is 13.3. The van der Waals surface area contributed by atoms with Gasteiger partial charge in [0.1, 0.15) is 5.37 Å². The van der Waals surface area contributed by atoms with Gasteiger partial charge in [0, 0.05) is 6.42 Å². The average Bonchev–Trinajstić information content (AvgIpc) is 3.32. The van der Waals surface area contributed by atoms with Crippen LogP contribution in [0.3, 0.4) is 0 Å². The molecule has 1 N–H and O–H groups in total. The fourth-order valence-corrected chi connectivity index (χ4v) is 6.75. The highest BCUT2D eigenvalue weighted by Crippen LogP contribution is 2.67. The predicted molar refractivity (Wildman–Crippen MR) is 101 cm³/mol. The SMILES string of the molecule is C[C@]12C[C@@]1(C(=O)OC(c1ccccc1)c1ccccc1)N1C(=O)[C@H](O)[C@H]1S2=O. The second-order valence-corrected chi connectivity index (χ2v) is 9.69. The largest absolute Gasteiger partial charge is 0.451 e. The summed E-state index contributed by atoms with van der Waals surface area (Å²) in [5, 5.41) is 9.09. The van der Waals surface area contributed by atoms with Crippen LogP contribution in [0.15, 0.2) is 60.7 Å². The molecule has 2 heterocycles. The molecule has 1 aliphatic carbocycles. The van der Waals surface area contributed by atoms with Gasteiger partial charge in [0.2, 0.25) is 0 Å². The fraction of sp³-hybridized carbons (Fsp3) is 0.333. The summed E-state index contributed by atoms with van der Waals surface area (Å²) >= 11 is 0. The smallest absolute Gasteiger partial charge is 0.334 e. The maximum Gasteiger partial charge on any atom is 0.334 e. The minimum Gasteiger partial charge on any atom is -0.451 e. The number of hydrogen-bond acceptors (Lipinski definition) is 5. The minimum absolute atomic E-state index is 0.288. The Hall–Kier alpha value is -2.51. The highest BCUT2D eigenvalue weighted by molar-refractivity contribution is 7.88. The van der Waals surface area contributed by atoms with Gasteiger partial charge in [-0.2, -0.15) is 0 Å². The van der Waals surface area contributed by atoms with E-state index in [2.05, 4.69) is 0 Å². The zero-order valence-electron chi connectivity index (χ0n) is 15.1. The first-order valence-electron chi connectivity index (χ1n) is 9.15. The van der Waals surface area contributed by atoms with Crippen molar-refractivity contribution in [1.29, 1.82) is 0 Å². The molecule has 1 amide bonds. The van der Waals surface area contributed by atoms with Gasteiger partial charge in [-0.25, -0.2) is 4.79 Å². The lowest BCUT2D eigenvalue weighted by molar-refractivity contribution is -0.176. The molecule has 0 spiro atoms. The van der Waals surface area contributed by atoms with E-state index in [-0.39, 0.29) is 6.42 Å². The molecule has 0 radical (unpaired) electrons. The number of carbonyl (C=O) groups is 2. The summed E-state index contributed by atoms with van der Waals surface area (Å²) in [6, 6.07) is 18.8. The van der Waals surface area contributed by atoms with Gasteiger partial charge < -0.3 is 14.7 Å². The Kier molecular flexibility index (Phi) is 3.61. The van der Waals surface area contributed by atoms with Crippen LogP contribution in [0, 0.1) is 0 Å². The zero-order chi connectivity index (χ0) is 19.7. The van der Waals surface area contributed by atoms with Gasteiger partial charge in [-0.3, -0.25) is 9.00 Å². The van der Waals surface area contributed by atoms with Crippen LogP contribution in [-0.2, 0) is 25.1 Å². The van der Waals surface area contributed by atoms with Crippen molar-refractivity contribution in [3.05, 3.63) is 71.8 Å². The molecule has 2 aromatic carbocycles. The molecule has 0 aromatic heterocycles.